The van der Waals surface area contributed by atoms with Gasteiger partial charge >= 0.3 is 0 Å². The highest BCUT2D eigenvalue weighted by Gasteiger charge is 2.11. The van der Waals surface area contributed by atoms with Gasteiger partial charge in [0, 0.05) is 21.8 Å². The highest BCUT2D eigenvalue weighted by Crippen LogP contribution is 2.26. The minimum Gasteiger partial charge on any atom is -0.399 e. The molecule has 21 heavy (non-hydrogen) atoms. The summed E-state index contributed by atoms with van der Waals surface area (Å²) in [5, 5.41) is 4.55. The minimum absolute atomic E-state index is 0.402. The average Bonchev–Trinajstić information content (AvgIpc) is 2.96. The first-order valence-electron chi connectivity index (χ1n) is 6.65. The van der Waals surface area contributed by atoms with Crippen molar-refractivity contribution in [2.75, 3.05) is 5.73 Å². The van der Waals surface area contributed by atoms with Crippen LogP contribution in [0.25, 0.3) is 22.8 Å². The Morgan fingerprint density at radius 2 is 1.86 bits per heavy atom. The molecule has 0 aliphatic rings. The molecule has 1 heterocycles. The van der Waals surface area contributed by atoms with Gasteiger partial charge in [0.15, 0.2) is 0 Å². The van der Waals surface area contributed by atoms with Crippen molar-refractivity contribution >= 4 is 17.3 Å². The van der Waals surface area contributed by atoms with Crippen LogP contribution in [-0.2, 0) is 6.42 Å². The Hall–Kier alpha value is -2.33. The zero-order chi connectivity index (χ0) is 14.8. The standard InChI is InChI=1S/C16H14ClN3O/c1-2-10-3-5-11(6-4-10)15-19-16(21-20-15)12-7-13(17)9-14(18)8-12/h3-9H,2,18H2,1H3. The Labute approximate surface area is 127 Å². The summed E-state index contributed by atoms with van der Waals surface area (Å²) in [5.41, 5.74) is 9.23. The van der Waals surface area contributed by atoms with Crippen LogP contribution in [0.15, 0.2) is 47.0 Å². The maximum atomic E-state index is 5.99. The number of anilines is 1. The molecule has 0 saturated carbocycles. The van der Waals surface area contributed by atoms with E-state index < -0.39 is 0 Å². The molecule has 0 atom stereocenters. The highest BCUT2D eigenvalue weighted by atomic mass is 35.5. The Kier molecular flexibility index (Phi) is 3.62. The molecular formula is C16H14ClN3O. The summed E-state index contributed by atoms with van der Waals surface area (Å²) < 4.78 is 5.30. The number of rotatable bonds is 3. The van der Waals surface area contributed by atoms with Crippen LogP contribution < -0.4 is 5.73 Å². The molecule has 0 unspecified atom stereocenters. The van der Waals surface area contributed by atoms with E-state index in [1.807, 2.05) is 12.1 Å². The van der Waals surface area contributed by atoms with E-state index in [1.54, 1.807) is 18.2 Å². The van der Waals surface area contributed by atoms with Crippen molar-refractivity contribution in [2.24, 2.45) is 0 Å². The predicted molar refractivity (Wildman–Crippen MR) is 84.0 cm³/mol. The normalized spacial score (nSPS) is 10.8. The molecule has 2 aromatic carbocycles. The number of nitrogen functional groups attached to an aromatic ring is 1. The maximum absolute atomic E-state index is 5.99. The quantitative estimate of drug-likeness (QED) is 0.736. The average molecular weight is 300 g/mol. The lowest BCUT2D eigenvalue weighted by Crippen LogP contribution is -1.87. The van der Waals surface area contributed by atoms with Crippen LogP contribution in [0.4, 0.5) is 5.69 Å². The van der Waals surface area contributed by atoms with E-state index in [4.69, 9.17) is 21.9 Å². The van der Waals surface area contributed by atoms with Gasteiger partial charge in [-0.2, -0.15) is 4.98 Å². The van der Waals surface area contributed by atoms with E-state index in [-0.39, 0.29) is 0 Å². The molecule has 106 valence electrons. The van der Waals surface area contributed by atoms with E-state index in [9.17, 15) is 0 Å². The first-order valence-corrected chi connectivity index (χ1v) is 7.03. The van der Waals surface area contributed by atoms with E-state index >= 15 is 0 Å². The molecule has 3 aromatic rings. The third-order valence-corrected chi connectivity index (χ3v) is 3.43. The molecule has 2 N–H and O–H groups in total. The second-order valence-corrected chi connectivity index (χ2v) is 5.18. The van der Waals surface area contributed by atoms with Crippen LogP contribution in [0.2, 0.25) is 5.02 Å². The van der Waals surface area contributed by atoms with Crippen LogP contribution in [-0.4, -0.2) is 10.1 Å². The smallest absolute Gasteiger partial charge is 0.258 e. The van der Waals surface area contributed by atoms with E-state index in [2.05, 4.69) is 29.2 Å². The van der Waals surface area contributed by atoms with Gasteiger partial charge in [0.05, 0.1) is 0 Å². The number of hydrogen-bond donors (Lipinski definition) is 1. The van der Waals surface area contributed by atoms with Crippen LogP contribution in [0.5, 0.6) is 0 Å². The summed E-state index contributed by atoms with van der Waals surface area (Å²) in [4.78, 5) is 4.40. The number of nitrogens with zero attached hydrogens (tertiary/aromatic N) is 2. The predicted octanol–water partition coefficient (Wildman–Crippen LogP) is 4.20. The first kappa shape index (κ1) is 13.6. The van der Waals surface area contributed by atoms with Gasteiger partial charge < -0.3 is 10.3 Å². The molecule has 0 fully saturated rings. The van der Waals surface area contributed by atoms with E-state index in [1.165, 1.54) is 5.56 Å². The Morgan fingerprint density at radius 3 is 2.52 bits per heavy atom. The van der Waals surface area contributed by atoms with Crippen LogP contribution in [0.1, 0.15) is 12.5 Å². The van der Waals surface area contributed by atoms with Crippen LogP contribution >= 0.6 is 11.6 Å². The van der Waals surface area contributed by atoms with Gasteiger partial charge in [-0.15, -0.1) is 0 Å². The molecular weight excluding hydrogens is 286 g/mol. The van der Waals surface area contributed by atoms with Crippen molar-refractivity contribution < 1.29 is 4.52 Å². The molecule has 0 radical (unpaired) electrons. The molecule has 0 amide bonds. The third kappa shape index (κ3) is 2.90. The van der Waals surface area contributed by atoms with Gasteiger partial charge in [-0.3, -0.25) is 0 Å². The van der Waals surface area contributed by atoms with Gasteiger partial charge in [0.2, 0.25) is 5.82 Å². The van der Waals surface area contributed by atoms with Crippen LogP contribution in [0, 0.1) is 0 Å². The zero-order valence-corrected chi connectivity index (χ0v) is 12.3. The van der Waals surface area contributed by atoms with Gasteiger partial charge in [0.25, 0.3) is 5.89 Å². The molecule has 0 saturated heterocycles. The largest absolute Gasteiger partial charge is 0.399 e. The third-order valence-electron chi connectivity index (χ3n) is 3.21. The Morgan fingerprint density at radius 1 is 1.10 bits per heavy atom. The van der Waals surface area contributed by atoms with Gasteiger partial charge in [-0.1, -0.05) is 47.9 Å². The number of aryl methyl sites for hydroxylation is 1. The van der Waals surface area contributed by atoms with Crippen molar-refractivity contribution in [3.05, 3.63) is 53.1 Å². The lowest BCUT2D eigenvalue weighted by molar-refractivity contribution is 0.432. The molecule has 3 rings (SSSR count). The van der Waals surface area contributed by atoms with E-state index in [0.717, 1.165) is 12.0 Å². The number of benzene rings is 2. The molecule has 0 bridgehead atoms. The number of hydrogen-bond acceptors (Lipinski definition) is 4. The SMILES string of the molecule is CCc1ccc(-c2noc(-c3cc(N)cc(Cl)c3)n2)cc1. The summed E-state index contributed by atoms with van der Waals surface area (Å²) in [6.45, 7) is 2.12. The molecule has 1 aromatic heterocycles. The minimum atomic E-state index is 0.402. The van der Waals surface area contributed by atoms with Crippen molar-refractivity contribution in [3.8, 4) is 22.8 Å². The summed E-state index contributed by atoms with van der Waals surface area (Å²) in [5.74, 6) is 0.949. The summed E-state index contributed by atoms with van der Waals surface area (Å²) >= 11 is 5.99. The summed E-state index contributed by atoms with van der Waals surface area (Å²) in [6.07, 6.45) is 1.000. The van der Waals surface area contributed by atoms with E-state index in [0.29, 0.717) is 28.0 Å². The molecule has 5 heteroatoms. The van der Waals surface area contributed by atoms with Crippen molar-refractivity contribution in [2.45, 2.75) is 13.3 Å². The maximum Gasteiger partial charge on any atom is 0.258 e. The van der Waals surface area contributed by atoms with Gasteiger partial charge in [0.1, 0.15) is 0 Å². The second kappa shape index (κ2) is 5.58. The molecule has 0 spiro atoms. The van der Waals surface area contributed by atoms with Gasteiger partial charge in [-0.25, -0.2) is 0 Å². The summed E-state index contributed by atoms with van der Waals surface area (Å²) in [7, 11) is 0. The fourth-order valence-electron chi connectivity index (χ4n) is 2.08. The van der Waals surface area contributed by atoms with Gasteiger partial charge in [-0.05, 0) is 30.2 Å². The summed E-state index contributed by atoms with van der Waals surface area (Å²) in [6, 6.07) is 13.3. The van der Waals surface area contributed by atoms with Crippen molar-refractivity contribution in [1.29, 1.82) is 0 Å². The monoisotopic (exact) mass is 299 g/mol. The topological polar surface area (TPSA) is 64.9 Å². The fraction of sp³-hybridized carbons (Fsp3) is 0.125. The number of aromatic nitrogens is 2. The number of nitrogens with two attached hydrogens (primary N) is 1. The second-order valence-electron chi connectivity index (χ2n) is 4.75. The number of halogens is 1. The Bertz CT molecular complexity index is 745. The first-order chi connectivity index (χ1) is 10.2. The lowest BCUT2D eigenvalue weighted by atomic mass is 10.1. The molecule has 0 aliphatic carbocycles. The van der Waals surface area contributed by atoms with Crippen molar-refractivity contribution in [3.63, 3.8) is 0 Å². The van der Waals surface area contributed by atoms with Crippen LogP contribution in [0.3, 0.4) is 0 Å². The fourth-order valence-corrected chi connectivity index (χ4v) is 2.33. The zero-order valence-electron chi connectivity index (χ0n) is 11.5. The van der Waals surface area contributed by atoms with Crippen molar-refractivity contribution in [1.82, 2.24) is 10.1 Å². The molecule has 4 nitrogen and oxygen atoms in total. The lowest BCUT2D eigenvalue weighted by Gasteiger charge is -1.98. The Balaban J connectivity index is 1.95. The molecule has 0 aliphatic heterocycles. The highest BCUT2D eigenvalue weighted by molar-refractivity contribution is 6.31.